The van der Waals surface area contributed by atoms with Gasteiger partial charge in [-0.15, -0.1) is 0 Å². The molecule has 18 heavy (non-hydrogen) atoms. The second-order valence-corrected chi connectivity index (χ2v) is 1.39. The van der Waals surface area contributed by atoms with Crippen LogP contribution in [-0.2, 0) is 0 Å². The largest absolute Gasteiger partial charge is 0.631 e. The van der Waals surface area contributed by atoms with Gasteiger partial charge in [-0.1, -0.05) is 0 Å². The van der Waals surface area contributed by atoms with Gasteiger partial charge in [0.2, 0.25) is 0 Å². The van der Waals surface area contributed by atoms with E-state index in [4.69, 9.17) is 60.3 Å². The molecule has 0 bridgehead atoms. The summed E-state index contributed by atoms with van der Waals surface area (Å²) in [7, 11) is -8.67. The van der Waals surface area contributed by atoms with Crippen LogP contribution in [0.2, 0.25) is 0 Å². The monoisotopic (exact) mass is 294 g/mol. The second kappa shape index (κ2) is 31.3. The third-order valence-corrected chi connectivity index (χ3v) is 0. The third-order valence-electron chi connectivity index (χ3n) is 0. The minimum absolute atomic E-state index is 0. The van der Waals surface area contributed by atoms with E-state index in [1.54, 1.807) is 0 Å². The van der Waals surface area contributed by atoms with Gasteiger partial charge in [0.25, 0.3) is 0 Å². The molecular formula is H12B4Na2O12. The molecule has 0 heterocycles. The van der Waals surface area contributed by atoms with E-state index < -0.39 is 29.3 Å². The van der Waals surface area contributed by atoms with Gasteiger partial charge in [0.1, 0.15) is 0 Å². The number of rotatable bonds is 0. The molecule has 0 amide bonds. The van der Waals surface area contributed by atoms with Crippen molar-refractivity contribution in [1.29, 1.82) is 0 Å². The fraction of sp³-hybridized carbons (Fsp3) is 0. The van der Waals surface area contributed by atoms with Gasteiger partial charge in [0.05, 0.1) is 0 Å². The first kappa shape index (κ1) is 36.7. The maximum atomic E-state index is 7.17. The molecule has 0 aliphatic heterocycles. The van der Waals surface area contributed by atoms with Gasteiger partial charge < -0.3 is 60.3 Å². The van der Waals surface area contributed by atoms with Crippen LogP contribution >= 0.6 is 0 Å². The van der Waals surface area contributed by atoms with E-state index in [0.29, 0.717) is 0 Å². The van der Waals surface area contributed by atoms with Crippen molar-refractivity contribution in [2.75, 3.05) is 0 Å². The summed E-state index contributed by atoms with van der Waals surface area (Å²) < 4.78 is 0. The Morgan fingerprint density at radius 3 is 0.278 bits per heavy atom. The van der Waals surface area contributed by atoms with Gasteiger partial charge in [-0.25, -0.2) is 0 Å². The Morgan fingerprint density at radius 2 is 0.278 bits per heavy atom. The van der Waals surface area contributed by atoms with E-state index in [9.17, 15) is 0 Å². The Morgan fingerprint density at radius 1 is 0.278 bits per heavy atom. The van der Waals surface area contributed by atoms with Gasteiger partial charge in [-0.05, 0) is 0 Å². The van der Waals surface area contributed by atoms with Crippen molar-refractivity contribution in [2.45, 2.75) is 0 Å². The molecule has 12 nitrogen and oxygen atoms in total. The molecule has 2 radical (unpaired) electrons. The smallest absolute Gasteiger partial charge is 0.402 e. The molecule has 0 fully saturated rings. The quantitative estimate of drug-likeness (QED) is 0.186. The van der Waals surface area contributed by atoms with Crippen LogP contribution in [-0.4, -0.2) is 149 Å². The number of hydrogen-bond acceptors (Lipinski definition) is 12. The van der Waals surface area contributed by atoms with Crippen LogP contribution in [0.15, 0.2) is 0 Å². The second-order valence-electron chi connectivity index (χ2n) is 1.39. The van der Waals surface area contributed by atoms with Crippen molar-refractivity contribution in [1.82, 2.24) is 0 Å². The van der Waals surface area contributed by atoms with Crippen LogP contribution in [0.4, 0.5) is 0 Å². The van der Waals surface area contributed by atoms with Gasteiger partial charge in [0.15, 0.2) is 0 Å². The molecule has 0 spiro atoms. The zero-order valence-corrected chi connectivity index (χ0v) is 13.7. The van der Waals surface area contributed by atoms with Crippen molar-refractivity contribution >= 4 is 88.4 Å². The van der Waals surface area contributed by atoms with E-state index in [1.807, 2.05) is 0 Å². The van der Waals surface area contributed by atoms with Gasteiger partial charge in [0, 0.05) is 59.1 Å². The molecule has 0 aromatic rings. The van der Waals surface area contributed by atoms with Gasteiger partial charge >= 0.3 is 29.3 Å². The Bertz CT molecular complexity index is 65.1. The first-order valence-electron chi connectivity index (χ1n) is 3.10. The minimum Gasteiger partial charge on any atom is -0.402 e. The molecule has 18 heteroatoms. The van der Waals surface area contributed by atoms with Crippen molar-refractivity contribution < 1.29 is 60.3 Å². The van der Waals surface area contributed by atoms with Crippen molar-refractivity contribution in [3.05, 3.63) is 0 Å². The van der Waals surface area contributed by atoms with Crippen LogP contribution in [0, 0.1) is 0 Å². The van der Waals surface area contributed by atoms with Crippen LogP contribution in [0.5, 0.6) is 0 Å². The summed E-state index contributed by atoms with van der Waals surface area (Å²) in [5.41, 5.74) is 0. The van der Waals surface area contributed by atoms with Crippen LogP contribution in [0.3, 0.4) is 0 Å². The summed E-state index contributed by atoms with van der Waals surface area (Å²) in [4.78, 5) is 0. The summed E-state index contributed by atoms with van der Waals surface area (Å²) in [6.07, 6.45) is 0. The van der Waals surface area contributed by atoms with E-state index in [-0.39, 0.29) is 59.1 Å². The van der Waals surface area contributed by atoms with Crippen molar-refractivity contribution in [2.24, 2.45) is 0 Å². The van der Waals surface area contributed by atoms with Gasteiger partial charge in [-0.3, -0.25) is 0 Å². The third kappa shape index (κ3) is 1580. The molecule has 0 aromatic heterocycles. The average molecular weight is 293 g/mol. The van der Waals surface area contributed by atoms with Gasteiger partial charge in [-0.2, -0.15) is 0 Å². The fourth-order valence-electron chi connectivity index (χ4n) is 0. The molecule has 12 N–H and O–H groups in total. The topological polar surface area (TPSA) is 243 Å². The summed E-state index contributed by atoms with van der Waals surface area (Å²) in [5.74, 6) is 0. The van der Waals surface area contributed by atoms with Crippen LogP contribution in [0.25, 0.3) is 0 Å². The maximum Gasteiger partial charge on any atom is 0.631 e. The molecular weight excluding hydrogens is 281 g/mol. The Kier molecular flexibility index (Phi) is 63.8. The molecule has 0 atom stereocenters. The molecule has 0 saturated carbocycles. The fourth-order valence-corrected chi connectivity index (χ4v) is 0. The summed E-state index contributed by atoms with van der Waals surface area (Å²) in [5, 5.41) is 86.0. The van der Waals surface area contributed by atoms with E-state index in [2.05, 4.69) is 0 Å². The SMILES string of the molecule is OB(O)O.OB(O)O.OB(O)O.OB(O)O.[Na].[Na]. The zero-order valence-electron chi connectivity index (χ0n) is 9.68. The standard InChI is InChI=1S/4BH3O3.2Na/c4*2-1(3)4;;/h4*2-4H;;. The Balaban J connectivity index is -0.0000000257. The first-order chi connectivity index (χ1) is 6.93. The molecule has 0 aromatic carbocycles. The van der Waals surface area contributed by atoms with Crippen LogP contribution < -0.4 is 0 Å². The molecule has 0 unspecified atom stereocenters. The summed E-state index contributed by atoms with van der Waals surface area (Å²) in [6.45, 7) is 0. The molecule has 0 rings (SSSR count). The molecule has 0 aliphatic rings. The van der Waals surface area contributed by atoms with Crippen LogP contribution in [0.1, 0.15) is 0 Å². The molecule has 98 valence electrons. The first-order valence-corrected chi connectivity index (χ1v) is 3.10. The minimum atomic E-state index is -2.17. The predicted molar refractivity (Wildman–Crippen MR) is 61.1 cm³/mol. The zero-order chi connectivity index (χ0) is 14.3. The van der Waals surface area contributed by atoms with Crippen molar-refractivity contribution in [3.8, 4) is 0 Å². The van der Waals surface area contributed by atoms with E-state index in [1.165, 1.54) is 0 Å². The van der Waals surface area contributed by atoms with E-state index >= 15 is 0 Å². The Hall–Kier alpha value is 1.78. The van der Waals surface area contributed by atoms with E-state index in [0.717, 1.165) is 0 Å². The average Bonchev–Trinajstić information content (AvgIpc) is 1.76. The van der Waals surface area contributed by atoms with Crippen molar-refractivity contribution in [3.63, 3.8) is 0 Å². The number of hydrogen-bond donors (Lipinski definition) is 12. The maximum absolute atomic E-state index is 7.17. The summed E-state index contributed by atoms with van der Waals surface area (Å²) >= 11 is 0. The Labute approximate surface area is 147 Å². The molecule has 0 saturated heterocycles. The predicted octanol–water partition coefficient (Wildman–Crippen LogP) is -8.97. The molecule has 0 aliphatic carbocycles. The summed E-state index contributed by atoms with van der Waals surface area (Å²) in [6, 6.07) is 0. The normalized spacial score (nSPS) is 6.00.